The summed E-state index contributed by atoms with van der Waals surface area (Å²) in [6, 6.07) is 8.75. The Bertz CT molecular complexity index is 1320. The van der Waals surface area contributed by atoms with Gasteiger partial charge in [-0.15, -0.1) is 0 Å². The minimum absolute atomic E-state index is 0.0825. The smallest absolute Gasteiger partial charge is 0.332 e. The summed E-state index contributed by atoms with van der Waals surface area (Å²) in [5, 5.41) is 15.8. The zero-order chi connectivity index (χ0) is 22.1. The van der Waals surface area contributed by atoms with E-state index in [1.54, 1.807) is 29.2 Å². The Morgan fingerprint density at radius 2 is 1.91 bits per heavy atom. The van der Waals surface area contributed by atoms with E-state index < -0.39 is 28.9 Å². The molecule has 3 atom stereocenters. The lowest BCUT2D eigenvalue weighted by molar-refractivity contribution is -0.383. The second kappa shape index (κ2) is 6.36. The number of nitro groups is 1. The molecule has 2 aromatic carbocycles. The predicted octanol–water partition coefficient (Wildman–Crippen LogP) is 2.17. The third-order valence-electron chi connectivity index (χ3n) is 6.49. The fraction of sp³-hybridized carbons (Fsp3) is 0.238. The number of likely N-dealkylation sites (tertiary alicyclic amines) is 1. The number of carbonyl (C=O) groups excluding carboxylic acids is 3. The van der Waals surface area contributed by atoms with Crippen molar-refractivity contribution in [3.8, 4) is 0 Å². The molecule has 0 aliphatic carbocycles. The fourth-order valence-corrected chi connectivity index (χ4v) is 5.20. The van der Waals surface area contributed by atoms with E-state index in [4.69, 9.17) is 4.52 Å². The molecular formula is C21H15N5O6. The van der Waals surface area contributed by atoms with Crippen molar-refractivity contribution in [1.82, 2.24) is 15.0 Å². The van der Waals surface area contributed by atoms with Gasteiger partial charge in [-0.3, -0.25) is 19.7 Å². The Labute approximate surface area is 179 Å². The first-order chi connectivity index (χ1) is 15.5. The SMILES string of the molecule is O=C1[C@H]2[C@@H]3C[C@@H](CN3C(=O)c3ccno3)N2C(=O)N1c1ccc([N+](=O)[O-])c2ccccc12. The van der Waals surface area contributed by atoms with Gasteiger partial charge in [-0.2, -0.15) is 0 Å². The van der Waals surface area contributed by atoms with Crippen LogP contribution in [0.15, 0.2) is 53.2 Å². The largest absolute Gasteiger partial charge is 0.351 e. The highest BCUT2D eigenvalue weighted by molar-refractivity contribution is 6.25. The van der Waals surface area contributed by atoms with Crippen molar-refractivity contribution >= 4 is 40.0 Å². The van der Waals surface area contributed by atoms with Crippen molar-refractivity contribution in [2.45, 2.75) is 24.5 Å². The van der Waals surface area contributed by atoms with E-state index in [9.17, 15) is 24.5 Å². The number of nitro benzene ring substituents is 1. The standard InChI is InChI=1S/C21H15N5O6/c27-19(17-7-8-22-32-17)23-10-11-9-16(23)18-20(28)25(21(29)24(11)18)14-5-6-15(26(30)31)13-4-2-1-3-12(13)14/h1-8,11,16,18H,9-10H2/t11-,16-,18+/m0/s1. The average Bonchev–Trinajstić information content (AvgIpc) is 3.57. The van der Waals surface area contributed by atoms with Crippen molar-refractivity contribution in [3.05, 3.63) is 64.5 Å². The van der Waals surface area contributed by atoms with Gasteiger partial charge in [-0.1, -0.05) is 23.4 Å². The number of urea groups is 1. The van der Waals surface area contributed by atoms with Crippen molar-refractivity contribution in [2.24, 2.45) is 0 Å². The summed E-state index contributed by atoms with van der Waals surface area (Å²) in [6.45, 7) is 0.300. The number of carbonyl (C=O) groups is 3. The number of fused-ring (bicyclic) bond motifs is 6. The first-order valence-electron chi connectivity index (χ1n) is 10.0. The molecule has 4 amide bonds. The predicted molar refractivity (Wildman–Crippen MR) is 109 cm³/mol. The number of hydrogen-bond acceptors (Lipinski definition) is 7. The molecule has 6 rings (SSSR count). The minimum atomic E-state index is -0.804. The van der Waals surface area contributed by atoms with Crippen LogP contribution in [0.5, 0.6) is 0 Å². The second-order valence-corrected chi connectivity index (χ2v) is 8.01. The normalized spacial score (nSPS) is 24.0. The van der Waals surface area contributed by atoms with E-state index in [-0.39, 0.29) is 23.4 Å². The maximum absolute atomic E-state index is 13.5. The maximum atomic E-state index is 13.5. The molecule has 32 heavy (non-hydrogen) atoms. The number of anilines is 1. The van der Waals surface area contributed by atoms with E-state index in [0.29, 0.717) is 29.4 Å². The lowest BCUT2D eigenvalue weighted by Crippen LogP contribution is -2.54. The Morgan fingerprint density at radius 3 is 2.62 bits per heavy atom. The molecule has 4 heterocycles. The van der Waals surface area contributed by atoms with E-state index in [2.05, 4.69) is 5.16 Å². The van der Waals surface area contributed by atoms with E-state index in [1.807, 2.05) is 0 Å². The van der Waals surface area contributed by atoms with Crippen LogP contribution >= 0.6 is 0 Å². The van der Waals surface area contributed by atoms with E-state index in [1.165, 1.54) is 29.3 Å². The Balaban J connectivity index is 1.39. The van der Waals surface area contributed by atoms with Crippen LogP contribution in [-0.2, 0) is 4.79 Å². The Hall–Kier alpha value is -4.28. The molecule has 0 spiro atoms. The van der Waals surface area contributed by atoms with Crippen LogP contribution in [0.3, 0.4) is 0 Å². The Morgan fingerprint density at radius 1 is 1.12 bits per heavy atom. The van der Waals surface area contributed by atoms with E-state index >= 15 is 0 Å². The zero-order valence-corrected chi connectivity index (χ0v) is 16.5. The lowest BCUT2D eigenvalue weighted by atomic mass is 10.0. The molecule has 11 heteroatoms. The summed E-state index contributed by atoms with van der Waals surface area (Å²) >= 11 is 0. The van der Waals surface area contributed by atoms with Crippen LogP contribution < -0.4 is 4.90 Å². The van der Waals surface area contributed by atoms with Gasteiger partial charge in [0.25, 0.3) is 17.5 Å². The average molecular weight is 433 g/mol. The monoisotopic (exact) mass is 433 g/mol. The molecule has 11 nitrogen and oxygen atoms in total. The van der Waals surface area contributed by atoms with Gasteiger partial charge in [0, 0.05) is 24.1 Å². The number of piperazine rings is 1. The van der Waals surface area contributed by atoms with Crippen molar-refractivity contribution in [2.75, 3.05) is 11.4 Å². The number of rotatable bonds is 3. The third-order valence-corrected chi connectivity index (χ3v) is 6.49. The number of imide groups is 1. The van der Waals surface area contributed by atoms with Crippen LogP contribution in [0.2, 0.25) is 0 Å². The van der Waals surface area contributed by atoms with Crippen LogP contribution in [0, 0.1) is 10.1 Å². The number of hydrogen-bond donors (Lipinski definition) is 0. The summed E-state index contributed by atoms with van der Waals surface area (Å²) < 4.78 is 4.97. The van der Waals surface area contributed by atoms with Gasteiger partial charge < -0.3 is 14.3 Å². The van der Waals surface area contributed by atoms with Gasteiger partial charge in [0.05, 0.1) is 34.3 Å². The molecule has 3 aliphatic rings. The number of benzene rings is 2. The number of aromatic nitrogens is 1. The van der Waals surface area contributed by atoms with Crippen LogP contribution in [0.4, 0.5) is 16.2 Å². The van der Waals surface area contributed by atoms with E-state index in [0.717, 1.165) is 4.90 Å². The molecule has 2 bridgehead atoms. The molecule has 3 aromatic rings. The van der Waals surface area contributed by atoms with Crippen molar-refractivity contribution in [3.63, 3.8) is 0 Å². The molecule has 0 N–H and O–H groups in total. The lowest BCUT2D eigenvalue weighted by Gasteiger charge is -2.34. The number of amides is 4. The quantitative estimate of drug-likeness (QED) is 0.351. The summed E-state index contributed by atoms with van der Waals surface area (Å²) in [5.74, 6) is -0.732. The van der Waals surface area contributed by atoms with Gasteiger partial charge in [0.2, 0.25) is 5.76 Å². The molecular weight excluding hydrogens is 418 g/mol. The van der Waals surface area contributed by atoms with Crippen molar-refractivity contribution in [1.29, 1.82) is 0 Å². The highest BCUT2D eigenvalue weighted by atomic mass is 16.6. The summed E-state index contributed by atoms with van der Waals surface area (Å²) in [7, 11) is 0. The first kappa shape index (κ1) is 18.5. The molecule has 0 saturated carbocycles. The summed E-state index contributed by atoms with van der Waals surface area (Å²) in [6.07, 6.45) is 1.89. The summed E-state index contributed by atoms with van der Waals surface area (Å²) in [5.41, 5.74) is 0.191. The molecule has 3 fully saturated rings. The highest BCUT2D eigenvalue weighted by Crippen LogP contribution is 2.44. The van der Waals surface area contributed by atoms with Crippen molar-refractivity contribution < 1.29 is 23.8 Å². The molecule has 160 valence electrons. The zero-order valence-electron chi connectivity index (χ0n) is 16.5. The molecule has 3 aliphatic heterocycles. The minimum Gasteiger partial charge on any atom is -0.351 e. The first-order valence-corrected chi connectivity index (χ1v) is 10.0. The Kier molecular flexibility index (Phi) is 3.67. The van der Waals surface area contributed by atoms with Crippen LogP contribution in [-0.4, -0.2) is 62.4 Å². The second-order valence-electron chi connectivity index (χ2n) is 8.01. The third kappa shape index (κ3) is 2.30. The number of non-ortho nitro benzene ring substituents is 1. The molecule has 0 radical (unpaired) electrons. The van der Waals surface area contributed by atoms with Gasteiger partial charge in [-0.25, -0.2) is 9.69 Å². The molecule has 1 aromatic heterocycles. The maximum Gasteiger partial charge on any atom is 0.332 e. The molecule has 0 unspecified atom stereocenters. The number of nitrogens with zero attached hydrogens (tertiary/aromatic N) is 5. The highest BCUT2D eigenvalue weighted by Gasteiger charge is 2.63. The van der Waals surface area contributed by atoms with Crippen LogP contribution in [0.25, 0.3) is 10.8 Å². The van der Waals surface area contributed by atoms with Gasteiger partial charge in [-0.05, 0) is 18.6 Å². The summed E-state index contributed by atoms with van der Waals surface area (Å²) in [4.78, 5) is 54.7. The molecule has 3 saturated heterocycles. The van der Waals surface area contributed by atoms with Gasteiger partial charge in [0.1, 0.15) is 6.04 Å². The van der Waals surface area contributed by atoms with Crippen LogP contribution in [0.1, 0.15) is 17.0 Å². The van der Waals surface area contributed by atoms with Gasteiger partial charge >= 0.3 is 6.03 Å². The fourth-order valence-electron chi connectivity index (χ4n) is 5.20. The van der Waals surface area contributed by atoms with Gasteiger partial charge in [0.15, 0.2) is 0 Å². The topological polar surface area (TPSA) is 130 Å².